The summed E-state index contributed by atoms with van der Waals surface area (Å²) < 4.78 is 1.36. The second-order valence-electron chi connectivity index (χ2n) is 3.39. The predicted octanol–water partition coefficient (Wildman–Crippen LogP) is -1.40. The minimum atomic E-state index is -0.180. The third kappa shape index (κ3) is 3.94. The van der Waals surface area contributed by atoms with E-state index >= 15 is 0 Å². The summed E-state index contributed by atoms with van der Waals surface area (Å²) in [6.07, 6.45) is 1.39. The first-order chi connectivity index (χ1) is 7.11. The number of anilines is 1. The van der Waals surface area contributed by atoms with Crippen LogP contribution >= 0.6 is 0 Å². The summed E-state index contributed by atoms with van der Waals surface area (Å²) >= 11 is 0. The fraction of sp³-hybridized carbons (Fsp3) is 0.625. The van der Waals surface area contributed by atoms with E-state index in [1.807, 2.05) is 6.92 Å². The number of carbonyl (C=O) groups is 1. The van der Waals surface area contributed by atoms with Crippen LogP contribution < -0.4 is 11.1 Å². The molecule has 0 fully saturated rings. The number of aliphatic hydroxyl groups excluding tert-OH is 1. The minimum Gasteiger partial charge on any atom is -0.396 e. The lowest BCUT2D eigenvalue weighted by molar-refractivity contribution is -0.122. The van der Waals surface area contributed by atoms with Crippen LogP contribution in [-0.4, -0.2) is 38.9 Å². The van der Waals surface area contributed by atoms with Crippen LogP contribution in [0.4, 0.5) is 5.95 Å². The fourth-order valence-electron chi connectivity index (χ4n) is 0.941. The first kappa shape index (κ1) is 11.4. The highest BCUT2D eigenvalue weighted by Gasteiger charge is 2.06. The van der Waals surface area contributed by atoms with Crippen LogP contribution in [0.25, 0.3) is 0 Å². The van der Waals surface area contributed by atoms with Crippen molar-refractivity contribution in [2.75, 3.05) is 18.9 Å². The molecule has 0 aliphatic carbocycles. The predicted molar refractivity (Wildman–Crippen MR) is 53.7 cm³/mol. The quantitative estimate of drug-likeness (QED) is 0.558. The van der Waals surface area contributed by atoms with Crippen molar-refractivity contribution in [1.82, 2.24) is 20.1 Å². The number of nitrogen functional groups attached to an aromatic ring is 1. The molecule has 0 aromatic carbocycles. The van der Waals surface area contributed by atoms with Crippen molar-refractivity contribution in [1.29, 1.82) is 0 Å². The number of amides is 1. The number of hydrogen-bond acceptors (Lipinski definition) is 5. The Hall–Kier alpha value is -1.63. The molecule has 0 aliphatic heterocycles. The monoisotopic (exact) mass is 213 g/mol. The van der Waals surface area contributed by atoms with Gasteiger partial charge in [0.05, 0.1) is 0 Å². The zero-order chi connectivity index (χ0) is 11.3. The highest BCUT2D eigenvalue weighted by Crippen LogP contribution is 1.91. The van der Waals surface area contributed by atoms with Gasteiger partial charge in [0.15, 0.2) is 0 Å². The number of aromatic nitrogens is 3. The van der Waals surface area contributed by atoms with Gasteiger partial charge in [-0.25, -0.2) is 9.67 Å². The number of hydrogen-bond donors (Lipinski definition) is 3. The maximum absolute atomic E-state index is 11.3. The Morgan fingerprint density at radius 3 is 3.07 bits per heavy atom. The first-order valence-corrected chi connectivity index (χ1v) is 4.64. The van der Waals surface area contributed by atoms with Gasteiger partial charge in [-0.05, 0) is 5.92 Å². The van der Waals surface area contributed by atoms with E-state index in [0.29, 0.717) is 6.54 Å². The van der Waals surface area contributed by atoms with Crippen LogP contribution in [0.3, 0.4) is 0 Å². The summed E-state index contributed by atoms with van der Waals surface area (Å²) in [5.74, 6) is 0.0153. The van der Waals surface area contributed by atoms with E-state index < -0.39 is 0 Å². The number of aliphatic hydroxyl groups is 1. The smallest absolute Gasteiger partial charge is 0.241 e. The summed E-state index contributed by atoms with van der Waals surface area (Å²) in [5.41, 5.74) is 5.29. The molecule has 0 radical (unpaired) electrons. The Kier molecular flexibility index (Phi) is 4.04. The zero-order valence-corrected chi connectivity index (χ0v) is 8.55. The first-order valence-electron chi connectivity index (χ1n) is 4.64. The average molecular weight is 213 g/mol. The molecule has 7 heteroatoms. The van der Waals surface area contributed by atoms with E-state index in [-0.39, 0.29) is 30.9 Å². The van der Waals surface area contributed by atoms with Crippen molar-refractivity contribution in [2.24, 2.45) is 5.92 Å². The molecule has 1 aromatic heterocycles. The third-order valence-corrected chi connectivity index (χ3v) is 1.82. The molecule has 0 saturated heterocycles. The third-order valence-electron chi connectivity index (χ3n) is 1.82. The maximum atomic E-state index is 11.3. The SMILES string of the molecule is CC(CO)CNC(=O)Cn1cnc(N)n1. The van der Waals surface area contributed by atoms with Gasteiger partial charge >= 0.3 is 0 Å². The van der Waals surface area contributed by atoms with Crippen LogP contribution in [0, 0.1) is 5.92 Å². The lowest BCUT2D eigenvalue weighted by Gasteiger charge is -2.09. The Morgan fingerprint density at radius 2 is 2.53 bits per heavy atom. The van der Waals surface area contributed by atoms with E-state index in [1.165, 1.54) is 11.0 Å². The largest absolute Gasteiger partial charge is 0.396 e. The second-order valence-corrected chi connectivity index (χ2v) is 3.39. The van der Waals surface area contributed by atoms with Crippen molar-refractivity contribution in [2.45, 2.75) is 13.5 Å². The molecular weight excluding hydrogens is 198 g/mol. The molecule has 1 atom stereocenters. The lowest BCUT2D eigenvalue weighted by atomic mass is 10.2. The summed E-state index contributed by atoms with van der Waals surface area (Å²) in [6.45, 7) is 2.42. The highest BCUT2D eigenvalue weighted by atomic mass is 16.3. The Bertz CT molecular complexity index is 325. The minimum absolute atomic E-state index is 0.0507. The molecule has 1 heterocycles. The van der Waals surface area contributed by atoms with E-state index in [9.17, 15) is 4.79 Å². The fourth-order valence-corrected chi connectivity index (χ4v) is 0.941. The molecule has 1 amide bonds. The highest BCUT2D eigenvalue weighted by molar-refractivity contribution is 5.75. The van der Waals surface area contributed by atoms with Crippen molar-refractivity contribution >= 4 is 11.9 Å². The van der Waals surface area contributed by atoms with Crippen molar-refractivity contribution in [3.8, 4) is 0 Å². The lowest BCUT2D eigenvalue weighted by Crippen LogP contribution is -2.32. The van der Waals surface area contributed by atoms with Crippen LogP contribution in [0.15, 0.2) is 6.33 Å². The van der Waals surface area contributed by atoms with Gasteiger partial charge < -0.3 is 16.2 Å². The molecule has 0 aliphatic rings. The molecule has 1 rings (SSSR count). The molecular formula is C8H15N5O2. The molecule has 1 unspecified atom stereocenters. The van der Waals surface area contributed by atoms with E-state index in [2.05, 4.69) is 15.4 Å². The van der Waals surface area contributed by atoms with E-state index in [0.717, 1.165) is 0 Å². The number of nitrogens with two attached hydrogens (primary N) is 1. The Balaban J connectivity index is 2.30. The van der Waals surface area contributed by atoms with Gasteiger partial charge in [0.25, 0.3) is 0 Å². The molecule has 4 N–H and O–H groups in total. The van der Waals surface area contributed by atoms with Gasteiger partial charge in [-0.15, -0.1) is 5.10 Å². The second kappa shape index (κ2) is 5.30. The average Bonchev–Trinajstić information content (AvgIpc) is 2.60. The Labute approximate surface area is 87.3 Å². The van der Waals surface area contributed by atoms with Crippen LogP contribution in [0.5, 0.6) is 0 Å². The van der Waals surface area contributed by atoms with Crippen LogP contribution in [0.1, 0.15) is 6.92 Å². The van der Waals surface area contributed by atoms with Gasteiger partial charge in [0.1, 0.15) is 12.9 Å². The molecule has 15 heavy (non-hydrogen) atoms. The molecule has 0 spiro atoms. The molecule has 84 valence electrons. The molecule has 0 bridgehead atoms. The molecule has 0 saturated carbocycles. The van der Waals surface area contributed by atoms with Crippen LogP contribution in [0.2, 0.25) is 0 Å². The molecule has 1 aromatic rings. The number of carbonyl (C=O) groups excluding carboxylic acids is 1. The van der Waals surface area contributed by atoms with E-state index in [1.54, 1.807) is 0 Å². The van der Waals surface area contributed by atoms with Gasteiger partial charge in [0, 0.05) is 13.2 Å². The number of rotatable bonds is 5. The standard InChI is InChI=1S/C8H15N5O2/c1-6(4-14)2-10-7(15)3-13-5-11-8(9)12-13/h5-6,14H,2-4H2,1H3,(H2,9,12)(H,10,15). The van der Waals surface area contributed by atoms with Crippen molar-refractivity contribution < 1.29 is 9.90 Å². The summed E-state index contributed by atoms with van der Waals surface area (Å²) in [6, 6.07) is 0. The summed E-state index contributed by atoms with van der Waals surface area (Å²) in [4.78, 5) is 15.0. The summed E-state index contributed by atoms with van der Waals surface area (Å²) in [5, 5.41) is 15.2. The normalized spacial score (nSPS) is 12.4. The molecule has 7 nitrogen and oxygen atoms in total. The number of nitrogens with one attached hydrogen (secondary N) is 1. The van der Waals surface area contributed by atoms with Gasteiger partial charge in [-0.2, -0.15) is 0 Å². The van der Waals surface area contributed by atoms with Crippen molar-refractivity contribution in [3.63, 3.8) is 0 Å². The number of nitrogens with zero attached hydrogens (tertiary/aromatic N) is 3. The maximum Gasteiger partial charge on any atom is 0.241 e. The van der Waals surface area contributed by atoms with Gasteiger partial charge in [-0.1, -0.05) is 6.92 Å². The van der Waals surface area contributed by atoms with Gasteiger partial charge in [0.2, 0.25) is 11.9 Å². The topological polar surface area (TPSA) is 106 Å². The van der Waals surface area contributed by atoms with Gasteiger partial charge in [-0.3, -0.25) is 4.79 Å². The summed E-state index contributed by atoms with van der Waals surface area (Å²) in [7, 11) is 0. The van der Waals surface area contributed by atoms with Crippen LogP contribution in [-0.2, 0) is 11.3 Å². The van der Waals surface area contributed by atoms with E-state index in [4.69, 9.17) is 10.8 Å². The zero-order valence-electron chi connectivity index (χ0n) is 8.55. The van der Waals surface area contributed by atoms with Crippen molar-refractivity contribution in [3.05, 3.63) is 6.33 Å². The Morgan fingerprint density at radius 1 is 1.80 bits per heavy atom.